The largest absolute Gasteiger partial charge is 0.496 e. The summed E-state index contributed by atoms with van der Waals surface area (Å²) in [6.07, 6.45) is 1.95. The number of nitrogens with one attached hydrogen (secondary N) is 1. The summed E-state index contributed by atoms with van der Waals surface area (Å²) in [6.45, 7) is 3.04. The molecule has 2 aromatic heterocycles. The minimum Gasteiger partial charge on any atom is -0.496 e. The highest BCUT2D eigenvalue weighted by atomic mass is 16.5. The third-order valence-electron chi connectivity index (χ3n) is 6.78. The number of piperidine rings is 1. The van der Waals surface area contributed by atoms with Gasteiger partial charge in [-0.3, -0.25) is 4.79 Å². The van der Waals surface area contributed by atoms with E-state index in [2.05, 4.69) is 15.3 Å². The van der Waals surface area contributed by atoms with E-state index in [9.17, 15) is 14.7 Å². The Morgan fingerprint density at radius 2 is 2.05 bits per heavy atom. The summed E-state index contributed by atoms with van der Waals surface area (Å²) in [4.78, 5) is 34.5. The first-order valence-corrected chi connectivity index (χ1v) is 12.3. The first kappa shape index (κ1) is 25.0. The fourth-order valence-corrected chi connectivity index (χ4v) is 4.89. The quantitative estimate of drug-likeness (QED) is 0.352. The standard InChI is InChI=1S/C27H29N7O4/c1-16-8-9-21(38-2)20(11-16)26(35)29-13-17-5-3-6-18(12-17)23-22-24(28)30-15-31-25(22)34(32-23)19-7-4-10-33(14-19)27(36)37/h3,5-6,8-9,11-12,15,19H,4,7,10,13-14H2,1-2H3,(H,29,35)(H,36,37)(H2,28,30,31)/t19-/m1/s1. The van der Waals surface area contributed by atoms with E-state index in [1.54, 1.807) is 16.8 Å². The molecule has 1 aliphatic rings. The van der Waals surface area contributed by atoms with E-state index in [1.807, 2.05) is 37.3 Å². The number of hydrogen-bond donors (Lipinski definition) is 3. The van der Waals surface area contributed by atoms with Gasteiger partial charge in [0.25, 0.3) is 5.91 Å². The second-order valence-electron chi connectivity index (χ2n) is 9.36. The number of nitrogens with two attached hydrogens (primary N) is 1. The molecule has 1 atom stereocenters. The van der Waals surface area contributed by atoms with E-state index in [0.29, 0.717) is 53.5 Å². The summed E-state index contributed by atoms with van der Waals surface area (Å²) in [5.74, 6) is 0.578. The molecule has 0 unspecified atom stereocenters. The van der Waals surface area contributed by atoms with Gasteiger partial charge in [0, 0.05) is 25.2 Å². The van der Waals surface area contributed by atoms with Gasteiger partial charge in [-0.2, -0.15) is 5.10 Å². The number of carbonyl (C=O) groups is 2. The highest BCUT2D eigenvalue weighted by molar-refractivity contribution is 5.99. The topological polar surface area (TPSA) is 148 Å². The minimum atomic E-state index is -0.946. The summed E-state index contributed by atoms with van der Waals surface area (Å²) in [6, 6.07) is 13.0. The Balaban J connectivity index is 1.44. The lowest BCUT2D eigenvalue weighted by molar-refractivity contribution is 0.0947. The van der Waals surface area contributed by atoms with Crippen LogP contribution in [0.1, 0.15) is 40.4 Å². The predicted molar refractivity (Wildman–Crippen MR) is 142 cm³/mol. The molecular formula is C27H29N7O4. The van der Waals surface area contributed by atoms with Crippen LogP contribution >= 0.6 is 0 Å². The SMILES string of the molecule is COc1ccc(C)cc1C(=O)NCc1cccc(-c2nn([C@@H]3CCCN(C(=O)O)C3)c3ncnc(N)c23)c1. The Morgan fingerprint density at radius 3 is 2.84 bits per heavy atom. The van der Waals surface area contributed by atoms with Crippen molar-refractivity contribution >= 4 is 28.9 Å². The van der Waals surface area contributed by atoms with Gasteiger partial charge < -0.3 is 25.8 Å². The molecule has 11 nitrogen and oxygen atoms in total. The maximum absolute atomic E-state index is 12.9. The number of anilines is 1. The molecule has 0 radical (unpaired) electrons. The van der Waals surface area contributed by atoms with Crippen LogP contribution in [-0.2, 0) is 6.54 Å². The number of carbonyl (C=O) groups excluding carboxylic acids is 1. The number of benzene rings is 2. The average Bonchev–Trinajstić information content (AvgIpc) is 3.33. The van der Waals surface area contributed by atoms with Crippen LogP contribution in [0, 0.1) is 6.92 Å². The number of fused-ring (bicyclic) bond motifs is 1. The van der Waals surface area contributed by atoms with Crippen molar-refractivity contribution in [1.29, 1.82) is 0 Å². The summed E-state index contributed by atoms with van der Waals surface area (Å²) in [7, 11) is 1.54. The molecule has 196 valence electrons. The Bertz CT molecular complexity index is 1520. The fourth-order valence-electron chi connectivity index (χ4n) is 4.89. The lowest BCUT2D eigenvalue weighted by Gasteiger charge is -2.30. The third kappa shape index (κ3) is 4.82. The molecule has 38 heavy (non-hydrogen) atoms. The molecule has 5 rings (SSSR count). The van der Waals surface area contributed by atoms with Gasteiger partial charge in [0.1, 0.15) is 23.6 Å². The van der Waals surface area contributed by atoms with Crippen molar-refractivity contribution in [3.63, 3.8) is 0 Å². The van der Waals surface area contributed by atoms with Crippen LogP contribution in [0.3, 0.4) is 0 Å². The molecule has 0 aliphatic carbocycles. The molecular weight excluding hydrogens is 486 g/mol. The zero-order chi connectivity index (χ0) is 26.8. The van der Waals surface area contributed by atoms with Crippen molar-refractivity contribution in [2.24, 2.45) is 0 Å². The number of aromatic nitrogens is 4. The number of amides is 2. The van der Waals surface area contributed by atoms with E-state index >= 15 is 0 Å². The van der Waals surface area contributed by atoms with Gasteiger partial charge >= 0.3 is 6.09 Å². The third-order valence-corrected chi connectivity index (χ3v) is 6.78. The molecule has 1 saturated heterocycles. The Kier molecular flexibility index (Phi) is 6.82. The zero-order valence-electron chi connectivity index (χ0n) is 21.2. The molecule has 0 spiro atoms. The van der Waals surface area contributed by atoms with Gasteiger partial charge in [-0.1, -0.05) is 29.8 Å². The molecule has 2 amide bonds. The van der Waals surface area contributed by atoms with Crippen LogP contribution < -0.4 is 15.8 Å². The second kappa shape index (κ2) is 10.4. The van der Waals surface area contributed by atoms with Crippen molar-refractivity contribution < 1.29 is 19.4 Å². The first-order valence-electron chi connectivity index (χ1n) is 12.3. The Morgan fingerprint density at radius 1 is 1.21 bits per heavy atom. The van der Waals surface area contributed by atoms with Crippen molar-refractivity contribution in [3.05, 3.63) is 65.5 Å². The van der Waals surface area contributed by atoms with Crippen molar-refractivity contribution in [1.82, 2.24) is 30.0 Å². The minimum absolute atomic E-state index is 0.169. The average molecular weight is 516 g/mol. The highest BCUT2D eigenvalue weighted by Crippen LogP contribution is 2.34. The maximum atomic E-state index is 12.9. The number of hydrogen-bond acceptors (Lipinski definition) is 7. The van der Waals surface area contributed by atoms with E-state index in [0.717, 1.165) is 29.5 Å². The van der Waals surface area contributed by atoms with E-state index in [-0.39, 0.29) is 11.9 Å². The van der Waals surface area contributed by atoms with E-state index < -0.39 is 6.09 Å². The molecule has 4 N–H and O–H groups in total. The molecule has 3 heterocycles. The van der Waals surface area contributed by atoms with Crippen LogP contribution in [0.4, 0.5) is 10.6 Å². The number of methoxy groups -OCH3 is 1. The number of aryl methyl sites for hydroxylation is 1. The lowest BCUT2D eigenvalue weighted by atomic mass is 10.1. The van der Waals surface area contributed by atoms with Crippen LogP contribution in [0.25, 0.3) is 22.3 Å². The highest BCUT2D eigenvalue weighted by Gasteiger charge is 2.28. The number of ether oxygens (including phenoxy) is 1. The van der Waals surface area contributed by atoms with Crippen molar-refractivity contribution in [2.45, 2.75) is 32.4 Å². The normalized spacial score (nSPS) is 15.4. The zero-order valence-corrected chi connectivity index (χ0v) is 21.2. The van der Waals surface area contributed by atoms with E-state index in [1.165, 1.54) is 18.3 Å². The first-order chi connectivity index (χ1) is 18.4. The summed E-state index contributed by atoms with van der Waals surface area (Å²) in [5, 5.41) is 17.9. The maximum Gasteiger partial charge on any atom is 0.407 e. The second-order valence-corrected chi connectivity index (χ2v) is 9.36. The number of carboxylic acid groups (broad SMARTS) is 1. The fraction of sp³-hybridized carbons (Fsp3) is 0.296. The van der Waals surface area contributed by atoms with Gasteiger partial charge in [-0.15, -0.1) is 0 Å². The molecule has 4 aromatic rings. The molecule has 11 heteroatoms. The molecule has 0 bridgehead atoms. The molecule has 2 aromatic carbocycles. The van der Waals surface area contributed by atoms with E-state index in [4.69, 9.17) is 15.6 Å². The predicted octanol–water partition coefficient (Wildman–Crippen LogP) is 3.64. The number of nitrogens with zero attached hydrogens (tertiary/aromatic N) is 5. The number of nitrogen functional groups attached to an aromatic ring is 1. The van der Waals surface area contributed by atoms with Crippen molar-refractivity contribution in [3.8, 4) is 17.0 Å². The van der Waals surface area contributed by atoms with Gasteiger partial charge in [0.2, 0.25) is 0 Å². The monoisotopic (exact) mass is 515 g/mol. The number of likely N-dealkylation sites (tertiary alicyclic amines) is 1. The summed E-state index contributed by atoms with van der Waals surface area (Å²) in [5.41, 5.74) is 10.5. The molecule has 1 fully saturated rings. The smallest absolute Gasteiger partial charge is 0.407 e. The van der Waals surface area contributed by atoms with Gasteiger partial charge in [-0.25, -0.2) is 19.4 Å². The summed E-state index contributed by atoms with van der Waals surface area (Å²) >= 11 is 0. The Hall–Kier alpha value is -4.67. The Labute approximate surface area is 219 Å². The van der Waals surface area contributed by atoms with Crippen LogP contribution in [0.15, 0.2) is 48.8 Å². The van der Waals surface area contributed by atoms with Crippen LogP contribution in [-0.4, -0.2) is 62.0 Å². The van der Waals surface area contributed by atoms with Crippen LogP contribution in [0.2, 0.25) is 0 Å². The van der Waals surface area contributed by atoms with Crippen molar-refractivity contribution in [2.75, 3.05) is 25.9 Å². The molecule has 1 aliphatic heterocycles. The van der Waals surface area contributed by atoms with Gasteiger partial charge in [-0.05, 0) is 43.5 Å². The van der Waals surface area contributed by atoms with Crippen LogP contribution in [0.5, 0.6) is 5.75 Å². The number of rotatable bonds is 6. The lowest BCUT2D eigenvalue weighted by Crippen LogP contribution is -2.40. The summed E-state index contributed by atoms with van der Waals surface area (Å²) < 4.78 is 7.12. The van der Waals surface area contributed by atoms with Gasteiger partial charge in [0.15, 0.2) is 5.65 Å². The van der Waals surface area contributed by atoms with Gasteiger partial charge in [0.05, 0.1) is 24.1 Å². The molecule has 0 saturated carbocycles.